The van der Waals surface area contributed by atoms with Gasteiger partial charge in [0.2, 0.25) is 0 Å². The number of hydrogen-bond acceptors (Lipinski definition) is 4. The van der Waals surface area contributed by atoms with Gasteiger partial charge >= 0.3 is 5.97 Å². The normalized spacial score (nSPS) is 16.6. The molecule has 0 aliphatic carbocycles. The summed E-state index contributed by atoms with van der Waals surface area (Å²) in [6, 6.07) is 15.2. The van der Waals surface area contributed by atoms with Gasteiger partial charge in [-0.2, -0.15) is 0 Å². The average Bonchev–Trinajstić information content (AvgIpc) is 2.82. The van der Waals surface area contributed by atoms with Crippen LogP contribution in [-0.4, -0.2) is 13.1 Å². The first kappa shape index (κ1) is 12.7. The minimum Gasteiger partial charge on any atom is -0.496 e. The quantitative estimate of drug-likeness (QED) is 0.867. The van der Waals surface area contributed by atoms with Crippen LogP contribution in [0.15, 0.2) is 48.5 Å². The molecule has 2 aromatic rings. The van der Waals surface area contributed by atoms with Crippen molar-refractivity contribution in [1.29, 1.82) is 0 Å². The summed E-state index contributed by atoms with van der Waals surface area (Å²) in [6.07, 6.45) is -0.399. The number of nitrogens with one attached hydrogen (secondary N) is 1. The third-order valence-corrected chi connectivity index (χ3v) is 3.36. The number of rotatable bonds is 4. The Labute approximate surface area is 117 Å². The standard InChI is InChI=1S/C16H15NO3/c1-19-14-9-5-2-6-11(14)10-17-15-12-7-3-4-8-13(12)16(18)20-15/h2-9,15,17H,10H2,1H3. The molecule has 4 nitrogen and oxygen atoms in total. The summed E-state index contributed by atoms with van der Waals surface area (Å²) in [7, 11) is 1.64. The van der Waals surface area contributed by atoms with Crippen LogP contribution in [0.3, 0.4) is 0 Å². The summed E-state index contributed by atoms with van der Waals surface area (Å²) in [4.78, 5) is 11.7. The number of methoxy groups -OCH3 is 1. The zero-order valence-electron chi connectivity index (χ0n) is 11.1. The molecule has 0 aromatic heterocycles. The maximum Gasteiger partial charge on any atom is 0.340 e. The Balaban J connectivity index is 1.76. The second-order valence-electron chi connectivity index (χ2n) is 4.57. The molecule has 0 saturated carbocycles. The van der Waals surface area contributed by atoms with Crippen LogP contribution in [-0.2, 0) is 11.3 Å². The maximum absolute atomic E-state index is 11.7. The van der Waals surface area contributed by atoms with E-state index in [9.17, 15) is 4.79 Å². The van der Waals surface area contributed by atoms with Crippen LogP contribution >= 0.6 is 0 Å². The fraction of sp³-hybridized carbons (Fsp3) is 0.188. The molecule has 102 valence electrons. The summed E-state index contributed by atoms with van der Waals surface area (Å²) in [5.41, 5.74) is 2.54. The van der Waals surface area contributed by atoms with Gasteiger partial charge in [-0.05, 0) is 12.1 Å². The number of fused-ring (bicyclic) bond motifs is 1. The molecule has 2 aromatic carbocycles. The molecule has 20 heavy (non-hydrogen) atoms. The van der Waals surface area contributed by atoms with Gasteiger partial charge in [0.15, 0.2) is 6.23 Å². The van der Waals surface area contributed by atoms with Gasteiger partial charge in [0.25, 0.3) is 0 Å². The van der Waals surface area contributed by atoms with E-state index in [0.717, 1.165) is 16.9 Å². The molecule has 1 aliphatic rings. The fourth-order valence-corrected chi connectivity index (χ4v) is 2.35. The van der Waals surface area contributed by atoms with Gasteiger partial charge in [-0.3, -0.25) is 5.32 Å². The highest BCUT2D eigenvalue weighted by Crippen LogP contribution is 2.29. The molecule has 1 N–H and O–H groups in total. The predicted octanol–water partition coefficient (Wildman–Crippen LogP) is 2.65. The second-order valence-corrected chi connectivity index (χ2v) is 4.57. The van der Waals surface area contributed by atoms with Gasteiger partial charge in [0.1, 0.15) is 5.75 Å². The van der Waals surface area contributed by atoms with E-state index in [-0.39, 0.29) is 5.97 Å². The molecule has 0 bridgehead atoms. The van der Waals surface area contributed by atoms with Crippen molar-refractivity contribution in [2.24, 2.45) is 0 Å². The van der Waals surface area contributed by atoms with E-state index in [1.54, 1.807) is 13.2 Å². The number of para-hydroxylation sites is 1. The molecule has 0 saturated heterocycles. The second kappa shape index (κ2) is 5.35. The number of carbonyl (C=O) groups is 1. The monoisotopic (exact) mass is 269 g/mol. The van der Waals surface area contributed by atoms with E-state index in [0.29, 0.717) is 12.1 Å². The Hall–Kier alpha value is -2.33. The molecule has 1 unspecified atom stereocenters. The van der Waals surface area contributed by atoms with E-state index in [4.69, 9.17) is 9.47 Å². The highest BCUT2D eigenvalue weighted by Gasteiger charge is 2.30. The lowest BCUT2D eigenvalue weighted by molar-refractivity contribution is 0.0303. The summed E-state index contributed by atoms with van der Waals surface area (Å²) in [6.45, 7) is 0.566. The summed E-state index contributed by atoms with van der Waals surface area (Å²) in [5, 5.41) is 3.24. The van der Waals surface area contributed by atoms with Crippen molar-refractivity contribution in [1.82, 2.24) is 5.32 Å². The smallest absolute Gasteiger partial charge is 0.340 e. The van der Waals surface area contributed by atoms with Gasteiger partial charge in [-0.15, -0.1) is 0 Å². The van der Waals surface area contributed by atoms with Crippen LogP contribution in [0.4, 0.5) is 0 Å². The largest absolute Gasteiger partial charge is 0.496 e. The Bertz CT molecular complexity index is 639. The van der Waals surface area contributed by atoms with Crippen molar-refractivity contribution in [3.8, 4) is 5.75 Å². The van der Waals surface area contributed by atoms with Gasteiger partial charge in [0.05, 0.1) is 12.7 Å². The molecule has 0 fully saturated rings. The summed E-state index contributed by atoms with van der Waals surface area (Å²) in [5.74, 6) is 0.538. The SMILES string of the molecule is COc1ccccc1CNC1OC(=O)c2ccccc21. The Morgan fingerprint density at radius 2 is 1.90 bits per heavy atom. The van der Waals surface area contributed by atoms with E-state index >= 15 is 0 Å². The molecule has 4 heteroatoms. The molecule has 0 radical (unpaired) electrons. The molecule has 3 rings (SSSR count). The molecular weight excluding hydrogens is 254 g/mol. The molecule has 1 aliphatic heterocycles. The summed E-state index contributed by atoms with van der Waals surface area (Å²) >= 11 is 0. The van der Waals surface area contributed by atoms with Crippen molar-refractivity contribution in [3.05, 3.63) is 65.2 Å². The third kappa shape index (κ3) is 2.26. The Kier molecular flexibility index (Phi) is 3.39. The van der Waals surface area contributed by atoms with E-state index in [2.05, 4.69) is 5.32 Å². The molecular formula is C16H15NO3. The maximum atomic E-state index is 11.7. The first-order valence-electron chi connectivity index (χ1n) is 6.45. The highest BCUT2D eigenvalue weighted by molar-refractivity contribution is 5.93. The average molecular weight is 269 g/mol. The minimum atomic E-state index is -0.399. The molecule has 1 atom stereocenters. The van der Waals surface area contributed by atoms with Gasteiger partial charge in [-0.1, -0.05) is 36.4 Å². The lowest BCUT2D eigenvalue weighted by atomic mass is 10.1. The van der Waals surface area contributed by atoms with Crippen LogP contribution in [0.1, 0.15) is 27.7 Å². The predicted molar refractivity (Wildman–Crippen MR) is 74.4 cm³/mol. The fourth-order valence-electron chi connectivity index (χ4n) is 2.35. The van der Waals surface area contributed by atoms with Crippen molar-refractivity contribution in [2.45, 2.75) is 12.8 Å². The third-order valence-electron chi connectivity index (χ3n) is 3.36. The lowest BCUT2D eigenvalue weighted by Crippen LogP contribution is -2.21. The van der Waals surface area contributed by atoms with Crippen molar-refractivity contribution in [3.63, 3.8) is 0 Å². The molecule has 0 amide bonds. The lowest BCUT2D eigenvalue weighted by Gasteiger charge is -2.14. The van der Waals surface area contributed by atoms with E-state index < -0.39 is 6.23 Å². The minimum absolute atomic E-state index is 0.280. The van der Waals surface area contributed by atoms with Crippen molar-refractivity contribution >= 4 is 5.97 Å². The molecule has 0 spiro atoms. The van der Waals surface area contributed by atoms with E-state index in [1.165, 1.54) is 0 Å². The first-order chi connectivity index (χ1) is 9.79. The van der Waals surface area contributed by atoms with Crippen LogP contribution in [0.2, 0.25) is 0 Å². The van der Waals surface area contributed by atoms with Crippen molar-refractivity contribution in [2.75, 3.05) is 7.11 Å². The number of carbonyl (C=O) groups excluding carboxylic acids is 1. The van der Waals surface area contributed by atoms with Crippen molar-refractivity contribution < 1.29 is 14.3 Å². The number of ether oxygens (including phenoxy) is 2. The topological polar surface area (TPSA) is 47.6 Å². The number of esters is 1. The highest BCUT2D eigenvalue weighted by atomic mass is 16.6. The number of cyclic esters (lactones) is 1. The number of benzene rings is 2. The number of hydrogen-bond donors (Lipinski definition) is 1. The molecule has 1 heterocycles. The van der Waals surface area contributed by atoms with E-state index in [1.807, 2.05) is 42.5 Å². The zero-order valence-corrected chi connectivity index (χ0v) is 11.1. The van der Waals surface area contributed by atoms with Gasteiger partial charge < -0.3 is 9.47 Å². The van der Waals surface area contributed by atoms with Crippen LogP contribution in [0.5, 0.6) is 5.75 Å². The van der Waals surface area contributed by atoms with Gasteiger partial charge in [0, 0.05) is 17.7 Å². The van der Waals surface area contributed by atoms with Crippen LogP contribution in [0.25, 0.3) is 0 Å². The van der Waals surface area contributed by atoms with Gasteiger partial charge in [-0.25, -0.2) is 4.79 Å². The Morgan fingerprint density at radius 1 is 1.15 bits per heavy atom. The summed E-state index contributed by atoms with van der Waals surface area (Å²) < 4.78 is 10.6. The first-order valence-corrected chi connectivity index (χ1v) is 6.45. The van der Waals surface area contributed by atoms with Crippen LogP contribution < -0.4 is 10.1 Å². The Morgan fingerprint density at radius 3 is 2.75 bits per heavy atom. The van der Waals surface area contributed by atoms with Crippen LogP contribution in [0, 0.1) is 0 Å². The zero-order chi connectivity index (χ0) is 13.9.